The first-order valence-electron chi connectivity index (χ1n) is 11.7. The molecule has 2 fully saturated rings. The SMILES string of the molecule is CC(C)n1nnc2cc(S(=O)(=O)N3CCC[C@H](C(=O)NCCCN4CCCC4)C3)ccc21. The minimum absolute atomic E-state index is 0.0401. The van der Waals surface area contributed by atoms with E-state index >= 15 is 0 Å². The van der Waals surface area contributed by atoms with Gasteiger partial charge in [0, 0.05) is 25.7 Å². The molecule has 0 saturated carbocycles. The van der Waals surface area contributed by atoms with Gasteiger partial charge in [-0.15, -0.1) is 5.10 Å². The first-order valence-corrected chi connectivity index (χ1v) is 13.2. The van der Waals surface area contributed by atoms with E-state index in [2.05, 4.69) is 20.5 Å². The lowest BCUT2D eigenvalue weighted by Crippen LogP contribution is -2.45. The highest BCUT2D eigenvalue weighted by molar-refractivity contribution is 7.89. The van der Waals surface area contributed by atoms with Crippen molar-refractivity contribution in [1.29, 1.82) is 0 Å². The lowest BCUT2D eigenvalue weighted by Gasteiger charge is -2.31. The van der Waals surface area contributed by atoms with Crippen LogP contribution in [0.15, 0.2) is 23.1 Å². The van der Waals surface area contributed by atoms with E-state index in [1.807, 2.05) is 13.8 Å². The first kappa shape index (κ1) is 23.1. The number of hydrogen-bond acceptors (Lipinski definition) is 6. The van der Waals surface area contributed by atoms with Gasteiger partial charge in [0.1, 0.15) is 5.52 Å². The maximum atomic E-state index is 13.3. The van der Waals surface area contributed by atoms with Crippen molar-refractivity contribution in [3.8, 4) is 0 Å². The van der Waals surface area contributed by atoms with E-state index in [1.165, 1.54) is 17.1 Å². The molecule has 4 rings (SSSR count). The molecule has 176 valence electrons. The molecule has 10 heteroatoms. The molecule has 1 amide bonds. The summed E-state index contributed by atoms with van der Waals surface area (Å²) >= 11 is 0. The molecule has 2 aliphatic rings. The Bertz CT molecular complexity index is 1050. The van der Waals surface area contributed by atoms with Crippen molar-refractivity contribution in [3.05, 3.63) is 18.2 Å². The van der Waals surface area contributed by atoms with Crippen LogP contribution in [0.5, 0.6) is 0 Å². The van der Waals surface area contributed by atoms with Gasteiger partial charge >= 0.3 is 0 Å². The fourth-order valence-electron chi connectivity index (χ4n) is 4.65. The summed E-state index contributed by atoms with van der Waals surface area (Å²) in [5.41, 5.74) is 1.37. The summed E-state index contributed by atoms with van der Waals surface area (Å²) in [4.78, 5) is 15.3. The van der Waals surface area contributed by atoms with Crippen LogP contribution in [-0.2, 0) is 14.8 Å². The van der Waals surface area contributed by atoms with Crippen LogP contribution in [0.1, 0.15) is 52.0 Å². The predicted molar refractivity (Wildman–Crippen MR) is 123 cm³/mol. The largest absolute Gasteiger partial charge is 0.356 e. The fourth-order valence-corrected chi connectivity index (χ4v) is 6.20. The van der Waals surface area contributed by atoms with Gasteiger partial charge in [-0.3, -0.25) is 4.79 Å². The van der Waals surface area contributed by atoms with Gasteiger partial charge in [-0.1, -0.05) is 5.21 Å². The Morgan fingerprint density at radius 3 is 2.72 bits per heavy atom. The molecule has 2 saturated heterocycles. The fraction of sp³-hybridized carbons (Fsp3) is 0.682. The van der Waals surface area contributed by atoms with Crippen molar-refractivity contribution in [1.82, 2.24) is 29.5 Å². The second-order valence-corrected chi connectivity index (χ2v) is 11.1. The van der Waals surface area contributed by atoms with Crippen LogP contribution in [0.2, 0.25) is 0 Å². The zero-order valence-electron chi connectivity index (χ0n) is 19.0. The standard InChI is InChI=1S/C22H34N6O3S/c1-17(2)28-21-9-8-19(15-20(21)24-25-28)32(30,31)27-14-5-7-18(16-27)22(29)23-10-6-13-26-11-3-4-12-26/h8-9,15,17-18H,3-7,10-14,16H2,1-2H3,(H,23,29)/t18-/m0/s1. The molecule has 2 aromatic rings. The molecule has 32 heavy (non-hydrogen) atoms. The van der Waals surface area contributed by atoms with Crippen LogP contribution in [0, 0.1) is 5.92 Å². The van der Waals surface area contributed by atoms with Gasteiger partial charge in [0.05, 0.1) is 16.3 Å². The molecule has 0 bridgehead atoms. The molecule has 3 heterocycles. The number of fused-ring (bicyclic) bond motifs is 1. The Kier molecular flexibility index (Phi) is 7.11. The minimum Gasteiger partial charge on any atom is -0.356 e. The molecule has 1 N–H and O–H groups in total. The number of benzene rings is 1. The number of piperidine rings is 1. The Labute approximate surface area is 190 Å². The van der Waals surface area contributed by atoms with Crippen molar-refractivity contribution in [2.45, 2.75) is 56.9 Å². The topological polar surface area (TPSA) is 100 Å². The Balaban J connectivity index is 1.37. The van der Waals surface area contributed by atoms with E-state index in [1.54, 1.807) is 22.9 Å². The van der Waals surface area contributed by atoms with E-state index in [9.17, 15) is 13.2 Å². The molecule has 0 radical (unpaired) electrons. The highest BCUT2D eigenvalue weighted by Crippen LogP contribution is 2.26. The molecule has 0 unspecified atom stereocenters. The van der Waals surface area contributed by atoms with E-state index in [-0.39, 0.29) is 29.3 Å². The monoisotopic (exact) mass is 462 g/mol. The number of carbonyl (C=O) groups excluding carboxylic acids is 1. The van der Waals surface area contributed by atoms with Crippen molar-refractivity contribution in [3.63, 3.8) is 0 Å². The summed E-state index contributed by atoms with van der Waals surface area (Å²) in [6.45, 7) is 8.62. The third-order valence-corrected chi connectivity index (χ3v) is 8.33. The smallest absolute Gasteiger partial charge is 0.243 e. The van der Waals surface area contributed by atoms with Crippen molar-refractivity contribution >= 4 is 27.0 Å². The molecular weight excluding hydrogens is 428 g/mol. The molecular formula is C22H34N6O3S. The maximum Gasteiger partial charge on any atom is 0.243 e. The van der Waals surface area contributed by atoms with Crippen molar-refractivity contribution < 1.29 is 13.2 Å². The quantitative estimate of drug-likeness (QED) is 0.603. The first-order chi connectivity index (χ1) is 15.4. The summed E-state index contributed by atoms with van der Waals surface area (Å²) in [5, 5.41) is 11.3. The Hall–Kier alpha value is -2.04. The van der Waals surface area contributed by atoms with Crippen LogP contribution >= 0.6 is 0 Å². The minimum atomic E-state index is -3.70. The molecule has 0 spiro atoms. The van der Waals surface area contributed by atoms with Gasteiger partial charge in [0.2, 0.25) is 15.9 Å². The number of likely N-dealkylation sites (tertiary alicyclic amines) is 1. The number of hydrogen-bond donors (Lipinski definition) is 1. The number of amides is 1. The van der Waals surface area contributed by atoms with Gasteiger partial charge in [-0.25, -0.2) is 13.1 Å². The van der Waals surface area contributed by atoms with Crippen LogP contribution < -0.4 is 5.32 Å². The molecule has 1 atom stereocenters. The van der Waals surface area contributed by atoms with E-state index in [0.29, 0.717) is 31.4 Å². The molecule has 0 aliphatic carbocycles. The highest BCUT2D eigenvalue weighted by atomic mass is 32.2. The van der Waals surface area contributed by atoms with Crippen LogP contribution in [0.4, 0.5) is 0 Å². The van der Waals surface area contributed by atoms with Crippen LogP contribution in [0.25, 0.3) is 11.0 Å². The zero-order valence-corrected chi connectivity index (χ0v) is 19.9. The average molecular weight is 463 g/mol. The van der Waals surface area contributed by atoms with Gasteiger partial charge in [-0.2, -0.15) is 4.31 Å². The van der Waals surface area contributed by atoms with Crippen LogP contribution in [0.3, 0.4) is 0 Å². The van der Waals surface area contributed by atoms with Gasteiger partial charge in [0.15, 0.2) is 0 Å². The van der Waals surface area contributed by atoms with Crippen molar-refractivity contribution in [2.24, 2.45) is 5.92 Å². The van der Waals surface area contributed by atoms with Gasteiger partial charge in [-0.05, 0) is 83.8 Å². The lowest BCUT2D eigenvalue weighted by molar-refractivity contribution is -0.126. The molecule has 2 aliphatic heterocycles. The summed E-state index contributed by atoms with van der Waals surface area (Å²) < 4.78 is 29.8. The van der Waals surface area contributed by atoms with E-state index < -0.39 is 10.0 Å². The lowest BCUT2D eigenvalue weighted by atomic mass is 9.99. The van der Waals surface area contributed by atoms with E-state index in [0.717, 1.165) is 31.6 Å². The van der Waals surface area contributed by atoms with Crippen molar-refractivity contribution in [2.75, 3.05) is 39.3 Å². The Morgan fingerprint density at radius 2 is 1.97 bits per heavy atom. The zero-order chi connectivity index (χ0) is 22.7. The van der Waals surface area contributed by atoms with Gasteiger partial charge in [0.25, 0.3) is 0 Å². The summed E-state index contributed by atoms with van der Waals surface area (Å²) in [6, 6.07) is 5.09. The summed E-state index contributed by atoms with van der Waals surface area (Å²) in [6.07, 6.45) is 4.85. The third kappa shape index (κ3) is 4.97. The number of nitrogens with zero attached hydrogens (tertiary/aromatic N) is 5. The molecule has 1 aromatic carbocycles. The Morgan fingerprint density at radius 1 is 1.19 bits per heavy atom. The van der Waals surface area contributed by atoms with E-state index in [4.69, 9.17) is 0 Å². The number of sulfonamides is 1. The van der Waals surface area contributed by atoms with Gasteiger partial charge < -0.3 is 10.2 Å². The molecule has 1 aromatic heterocycles. The normalized spacial score (nSPS) is 20.9. The predicted octanol–water partition coefficient (Wildman–Crippen LogP) is 2.01. The summed E-state index contributed by atoms with van der Waals surface area (Å²) in [5.74, 6) is -0.350. The number of rotatable bonds is 8. The highest BCUT2D eigenvalue weighted by Gasteiger charge is 2.33. The second-order valence-electron chi connectivity index (χ2n) is 9.17. The average Bonchev–Trinajstić information content (AvgIpc) is 3.46. The second kappa shape index (κ2) is 9.84. The molecule has 9 nitrogen and oxygen atoms in total. The summed E-state index contributed by atoms with van der Waals surface area (Å²) in [7, 11) is -3.70. The number of carbonyl (C=O) groups is 1. The maximum absolute atomic E-state index is 13.3. The van der Waals surface area contributed by atoms with Crippen LogP contribution in [-0.4, -0.2) is 77.8 Å². The number of aromatic nitrogens is 3. The number of nitrogens with one attached hydrogen (secondary N) is 1. The third-order valence-electron chi connectivity index (χ3n) is 6.47.